The van der Waals surface area contributed by atoms with Crippen molar-refractivity contribution < 1.29 is 19.1 Å². The van der Waals surface area contributed by atoms with E-state index in [1.807, 2.05) is 18.2 Å². The van der Waals surface area contributed by atoms with Gasteiger partial charge in [0.15, 0.2) is 0 Å². The molecule has 206 valence electrons. The van der Waals surface area contributed by atoms with Crippen molar-refractivity contribution in [1.82, 2.24) is 15.5 Å². The van der Waals surface area contributed by atoms with Gasteiger partial charge in [-0.05, 0) is 79.0 Å². The van der Waals surface area contributed by atoms with Gasteiger partial charge >= 0.3 is 6.03 Å². The number of urea groups is 1. The molecule has 6 rings (SSSR count). The van der Waals surface area contributed by atoms with E-state index in [2.05, 4.69) is 29.8 Å². The van der Waals surface area contributed by atoms with Crippen molar-refractivity contribution >= 4 is 23.5 Å². The van der Waals surface area contributed by atoms with E-state index < -0.39 is 11.6 Å². The summed E-state index contributed by atoms with van der Waals surface area (Å²) in [5, 5.41) is 9.31. The second-order valence-electron chi connectivity index (χ2n) is 12.6. The smallest absolute Gasteiger partial charge is 0.318 e. The van der Waals surface area contributed by atoms with E-state index in [1.165, 1.54) is 25.7 Å². The van der Waals surface area contributed by atoms with Gasteiger partial charge in [0.25, 0.3) is 0 Å². The third kappa shape index (κ3) is 4.79. The average molecular weight is 524 g/mol. The lowest BCUT2D eigenvalue weighted by Crippen LogP contribution is -2.62. The van der Waals surface area contributed by atoms with Crippen LogP contribution >= 0.6 is 0 Å². The molecule has 1 aromatic rings. The van der Waals surface area contributed by atoms with Gasteiger partial charge in [-0.3, -0.25) is 9.59 Å². The molecule has 9 nitrogen and oxygen atoms in total. The normalized spacial score (nSPS) is 29.5. The predicted molar refractivity (Wildman–Crippen MR) is 143 cm³/mol. The van der Waals surface area contributed by atoms with Gasteiger partial charge in [0.2, 0.25) is 11.8 Å². The Morgan fingerprint density at radius 2 is 1.82 bits per heavy atom. The van der Waals surface area contributed by atoms with Crippen molar-refractivity contribution in [3.05, 3.63) is 29.3 Å². The molecule has 2 aliphatic heterocycles. The molecule has 9 heteroatoms. The topological polar surface area (TPSA) is 126 Å². The summed E-state index contributed by atoms with van der Waals surface area (Å²) >= 11 is 0. The largest absolute Gasteiger partial charge is 0.379 e. The molecule has 0 radical (unpaired) electrons. The first kappa shape index (κ1) is 25.6. The van der Waals surface area contributed by atoms with Crippen LogP contribution < -0.4 is 21.7 Å². The highest BCUT2D eigenvalue weighted by atomic mass is 16.5. The van der Waals surface area contributed by atoms with Gasteiger partial charge in [-0.25, -0.2) is 4.79 Å². The zero-order valence-corrected chi connectivity index (χ0v) is 22.5. The van der Waals surface area contributed by atoms with E-state index in [0.29, 0.717) is 50.1 Å². The Morgan fingerprint density at radius 3 is 2.42 bits per heavy atom. The third-order valence-corrected chi connectivity index (χ3v) is 9.43. The number of nitrogens with two attached hydrogens (primary N) is 1. The van der Waals surface area contributed by atoms with Crippen LogP contribution in [0.2, 0.25) is 0 Å². The average Bonchev–Trinajstić information content (AvgIpc) is 3.77. The monoisotopic (exact) mass is 523 g/mol. The van der Waals surface area contributed by atoms with Gasteiger partial charge in [0, 0.05) is 31.7 Å². The summed E-state index contributed by atoms with van der Waals surface area (Å²) < 4.78 is 5.48. The zero-order chi connectivity index (χ0) is 26.6. The van der Waals surface area contributed by atoms with Crippen molar-refractivity contribution in [1.29, 1.82) is 0 Å². The highest BCUT2D eigenvalue weighted by molar-refractivity contribution is 5.96. The molecule has 2 saturated heterocycles. The van der Waals surface area contributed by atoms with Gasteiger partial charge in [0.1, 0.15) is 5.54 Å². The molecule has 0 bridgehead atoms. The number of hydrogen-bond donors (Lipinski definition) is 4. The number of anilines is 1. The molecule has 2 heterocycles. The van der Waals surface area contributed by atoms with Crippen molar-refractivity contribution in [2.75, 3.05) is 25.1 Å². The number of ether oxygens (including phenoxy) is 1. The molecule has 0 spiro atoms. The lowest BCUT2D eigenvalue weighted by molar-refractivity contribution is -0.132. The molecule has 2 saturated carbocycles. The minimum absolute atomic E-state index is 0.00656. The van der Waals surface area contributed by atoms with Gasteiger partial charge in [-0.1, -0.05) is 19.9 Å². The minimum atomic E-state index is -1.01. The molecule has 0 aromatic heterocycles. The molecule has 4 fully saturated rings. The minimum Gasteiger partial charge on any atom is -0.379 e. The van der Waals surface area contributed by atoms with Crippen molar-refractivity contribution in [3.8, 4) is 0 Å². The van der Waals surface area contributed by atoms with Crippen molar-refractivity contribution in [2.24, 2.45) is 29.4 Å². The number of fused-ring (bicyclic) bond motifs is 1. The van der Waals surface area contributed by atoms with Crippen molar-refractivity contribution in [3.63, 3.8) is 0 Å². The Morgan fingerprint density at radius 1 is 1.11 bits per heavy atom. The van der Waals surface area contributed by atoms with Crippen LogP contribution in [-0.4, -0.2) is 66.2 Å². The third-order valence-electron chi connectivity index (χ3n) is 9.43. The number of benzene rings is 1. The fraction of sp³-hybridized carbons (Fsp3) is 0.690. The van der Waals surface area contributed by atoms with Crippen LogP contribution in [0.25, 0.3) is 0 Å². The summed E-state index contributed by atoms with van der Waals surface area (Å²) in [4.78, 5) is 41.9. The molecular formula is C29H41N5O4. The molecule has 4 amide bonds. The first-order chi connectivity index (χ1) is 18.2. The second kappa shape index (κ2) is 9.83. The highest BCUT2D eigenvalue weighted by Gasteiger charge is 2.54. The number of hydrogen-bond acceptors (Lipinski definition) is 5. The standard InChI is InChI=1S/C29H41N5O4/c1-16(2)23-14-34(28(37)33-23)29(27(36)32-22-9-10-38-15-22)12-19-7-8-21(11-20(19)13-29)31-26(35)25(30)24(17-3-4-17)18-5-6-18/h7-8,11,16-18,22-25H,3-6,9-10,12-15,30H2,1-2H3,(H,31,35)(H,32,36)(H,33,37)/t22?,23-,25-,29?/m0/s1. The number of carbonyl (C=O) groups is 3. The molecule has 5 aliphatic rings. The molecule has 2 unspecified atom stereocenters. The number of amides is 4. The van der Waals surface area contributed by atoms with E-state index in [4.69, 9.17) is 10.5 Å². The SMILES string of the molecule is CC(C)[C@@H]1CN(C2(C(=O)NC3CCOC3)Cc3ccc(NC(=O)[C@@H](N)C(C4CC4)C4CC4)cc3C2)C(=O)N1. The molecule has 5 N–H and O–H groups in total. The molecular weight excluding hydrogens is 482 g/mol. The lowest BCUT2D eigenvalue weighted by atomic mass is 9.89. The van der Waals surface area contributed by atoms with E-state index in [1.54, 1.807) is 4.90 Å². The zero-order valence-electron chi connectivity index (χ0n) is 22.5. The van der Waals surface area contributed by atoms with Crippen LogP contribution in [0.1, 0.15) is 57.1 Å². The van der Waals surface area contributed by atoms with Crippen LogP contribution in [0.3, 0.4) is 0 Å². The number of carbonyl (C=O) groups excluding carboxylic acids is 3. The van der Waals surface area contributed by atoms with Crippen LogP contribution in [-0.2, 0) is 27.2 Å². The summed E-state index contributed by atoms with van der Waals surface area (Å²) in [6, 6.07) is 5.10. The van der Waals surface area contributed by atoms with Gasteiger partial charge in [-0.15, -0.1) is 0 Å². The first-order valence-electron chi connectivity index (χ1n) is 14.4. The Balaban J connectivity index is 1.22. The van der Waals surface area contributed by atoms with E-state index in [-0.39, 0.29) is 41.8 Å². The lowest BCUT2D eigenvalue weighted by Gasteiger charge is -2.37. The summed E-state index contributed by atoms with van der Waals surface area (Å²) in [6.07, 6.45) is 6.34. The van der Waals surface area contributed by atoms with Crippen LogP contribution in [0.15, 0.2) is 18.2 Å². The van der Waals surface area contributed by atoms with Gasteiger partial charge < -0.3 is 31.3 Å². The Bertz CT molecular complexity index is 1100. The first-order valence-corrected chi connectivity index (χ1v) is 14.4. The summed E-state index contributed by atoms with van der Waals surface area (Å²) in [7, 11) is 0. The maximum Gasteiger partial charge on any atom is 0.318 e. The summed E-state index contributed by atoms with van der Waals surface area (Å²) in [5.74, 6) is 1.46. The summed E-state index contributed by atoms with van der Waals surface area (Å²) in [5.41, 5.74) is 8.17. The van der Waals surface area contributed by atoms with Crippen LogP contribution in [0, 0.1) is 23.7 Å². The van der Waals surface area contributed by atoms with E-state index in [9.17, 15) is 14.4 Å². The maximum absolute atomic E-state index is 13.9. The van der Waals surface area contributed by atoms with Crippen LogP contribution in [0.4, 0.5) is 10.5 Å². The highest BCUT2D eigenvalue weighted by Crippen LogP contribution is 2.50. The predicted octanol–water partition coefficient (Wildman–Crippen LogP) is 2.18. The van der Waals surface area contributed by atoms with Crippen molar-refractivity contribution in [2.45, 2.75) is 82.5 Å². The fourth-order valence-corrected chi connectivity index (χ4v) is 6.82. The number of rotatable bonds is 9. The Kier molecular flexibility index (Phi) is 6.63. The Labute approximate surface area is 224 Å². The van der Waals surface area contributed by atoms with Gasteiger partial charge in [0.05, 0.1) is 24.7 Å². The molecule has 38 heavy (non-hydrogen) atoms. The second-order valence-corrected chi connectivity index (χ2v) is 12.6. The maximum atomic E-state index is 13.9. The fourth-order valence-electron chi connectivity index (χ4n) is 6.82. The molecule has 4 atom stereocenters. The quantitative estimate of drug-likeness (QED) is 0.395. The summed E-state index contributed by atoms with van der Waals surface area (Å²) in [6.45, 7) is 5.77. The van der Waals surface area contributed by atoms with Gasteiger partial charge in [-0.2, -0.15) is 0 Å². The van der Waals surface area contributed by atoms with E-state index in [0.717, 1.165) is 17.5 Å². The molecule has 3 aliphatic carbocycles. The number of nitrogens with zero attached hydrogens (tertiary/aromatic N) is 1. The molecule has 1 aromatic carbocycles. The van der Waals surface area contributed by atoms with E-state index >= 15 is 0 Å². The number of nitrogens with one attached hydrogen (secondary N) is 3. The van der Waals surface area contributed by atoms with Crippen LogP contribution in [0.5, 0.6) is 0 Å². The Hall–Kier alpha value is -2.65.